The van der Waals surface area contributed by atoms with Crippen molar-refractivity contribution in [3.63, 3.8) is 0 Å². The largest absolute Gasteiger partial charge is 0.462 e. The van der Waals surface area contributed by atoms with Gasteiger partial charge in [-0.25, -0.2) is 9.59 Å². The van der Waals surface area contributed by atoms with Gasteiger partial charge in [0.25, 0.3) is 0 Å². The number of aliphatic hydroxyl groups excluding tert-OH is 2. The molecule has 0 aromatic rings. The third-order valence-electron chi connectivity index (χ3n) is 3.02. The van der Waals surface area contributed by atoms with E-state index < -0.39 is 0 Å². The highest BCUT2D eigenvalue weighted by Gasteiger charge is 2.03. The van der Waals surface area contributed by atoms with Gasteiger partial charge < -0.3 is 19.7 Å². The van der Waals surface area contributed by atoms with Gasteiger partial charge in [-0.1, -0.05) is 26.0 Å². The molecular weight excluding hydrogens is 324 g/mol. The summed E-state index contributed by atoms with van der Waals surface area (Å²) >= 11 is 0. The molecule has 0 aromatic heterocycles. The van der Waals surface area contributed by atoms with Gasteiger partial charge in [-0.15, -0.1) is 0 Å². The normalized spacial score (nSPS) is 9.60. The number of hydrogen-bond donors (Lipinski definition) is 2. The van der Waals surface area contributed by atoms with E-state index in [-0.39, 0.29) is 25.2 Å². The molecule has 25 heavy (non-hydrogen) atoms. The number of aliphatic hydroxyl groups is 2. The van der Waals surface area contributed by atoms with Crippen molar-refractivity contribution < 1.29 is 29.3 Å². The summed E-state index contributed by atoms with van der Waals surface area (Å²) in [5.74, 6) is -0.725. The molecule has 0 aromatic carbocycles. The van der Waals surface area contributed by atoms with E-state index in [2.05, 4.69) is 13.2 Å². The molecule has 0 heterocycles. The van der Waals surface area contributed by atoms with E-state index >= 15 is 0 Å². The molecule has 0 bridgehead atoms. The summed E-state index contributed by atoms with van der Waals surface area (Å²) in [6.07, 6.45) is 6.17. The minimum atomic E-state index is -0.362. The Labute approximate surface area is 151 Å². The van der Waals surface area contributed by atoms with Crippen LogP contribution in [-0.2, 0) is 19.1 Å². The van der Waals surface area contributed by atoms with E-state index in [0.717, 1.165) is 44.9 Å². The first-order valence-electron chi connectivity index (χ1n) is 8.73. The number of carbonyl (C=O) groups is 2. The van der Waals surface area contributed by atoms with Gasteiger partial charge in [0.15, 0.2) is 0 Å². The lowest BCUT2D eigenvalue weighted by molar-refractivity contribution is -0.139. The highest BCUT2D eigenvalue weighted by molar-refractivity contribution is 5.87. The van der Waals surface area contributed by atoms with Crippen LogP contribution in [0.15, 0.2) is 24.3 Å². The monoisotopic (exact) mass is 358 g/mol. The van der Waals surface area contributed by atoms with Crippen LogP contribution in [0.2, 0.25) is 0 Å². The molecule has 0 aliphatic heterocycles. The van der Waals surface area contributed by atoms with E-state index in [0.29, 0.717) is 24.4 Å². The standard InChI is InChI=1S/C13H20O4.C6H14O2/c1-10(2)12(14)16-8-6-5-7-9-17-13(15)11(3)4;7-5-3-1-2-4-6-8/h1,3,5-9H2,2,4H3;7-8H,1-6H2. The maximum absolute atomic E-state index is 11.0. The molecular formula is C19H34O6. The Morgan fingerprint density at radius 1 is 0.680 bits per heavy atom. The van der Waals surface area contributed by atoms with Crippen molar-refractivity contribution in [2.75, 3.05) is 26.4 Å². The number of unbranched alkanes of at least 4 members (excludes halogenated alkanes) is 5. The quantitative estimate of drug-likeness (QED) is 0.299. The Morgan fingerprint density at radius 3 is 1.28 bits per heavy atom. The molecule has 0 unspecified atom stereocenters. The van der Waals surface area contributed by atoms with Crippen molar-refractivity contribution in [2.45, 2.75) is 58.8 Å². The second kappa shape index (κ2) is 18.7. The lowest BCUT2D eigenvalue weighted by atomic mass is 10.2. The molecule has 0 rings (SSSR count). The summed E-state index contributed by atoms with van der Waals surface area (Å²) in [4.78, 5) is 22.0. The lowest BCUT2D eigenvalue weighted by Gasteiger charge is -2.05. The van der Waals surface area contributed by atoms with Gasteiger partial charge in [0, 0.05) is 24.4 Å². The van der Waals surface area contributed by atoms with E-state index in [9.17, 15) is 9.59 Å². The summed E-state index contributed by atoms with van der Waals surface area (Å²) in [5, 5.41) is 16.6. The van der Waals surface area contributed by atoms with Crippen LogP contribution >= 0.6 is 0 Å². The zero-order chi connectivity index (χ0) is 19.5. The third kappa shape index (κ3) is 20.3. The average molecular weight is 358 g/mol. The van der Waals surface area contributed by atoms with Gasteiger partial charge >= 0.3 is 11.9 Å². The molecule has 6 heteroatoms. The molecule has 0 saturated heterocycles. The van der Waals surface area contributed by atoms with Crippen LogP contribution < -0.4 is 0 Å². The number of hydrogen-bond acceptors (Lipinski definition) is 6. The fraction of sp³-hybridized carbons (Fsp3) is 0.684. The van der Waals surface area contributed by atoms with Gasteiger partial charge in [-0.05, 0) is 46.0 Å². The summed E-state index contributed by atoms with van der Waals surface area (Å²) in [7, 11) is 0. The van der Waals surface area contributed by atoms with Gasteiger partial charge in [-0.2, -0.15) is 0 Å². The first kappa shape index (κ1) is 25.6. The van der Waals surface area contributed by atoms with E-state index in [1.54, 1.807) is 13.8 Å². The predicted molar refractivity (Wildman–Crippen MR) is 98.0 cm³/mol. The Kier molecular flexibility index (Phi) is 19.1. The fourth-order valence-corrected chi connectivity index (χ4v) is 1.53. The van der Waals surface area contributed by atoms with Crippen molar-refractivity contribution in [1.29, 1.82) is 0 Å². The Bertz CT molecular complexity index is 353. The number of ether oxygens (including phenoxy) is 2. The summed E-state index contributed by atoms with van der Waals surface area (Å²) in [5.41, 5.74) is 0.806. The fourth-order valence-electron chi connectivity index (χ4n) is 1.53. The van der Waals surface area contributed by atoms with Crippen molar-refractivity contribution in [3.8, 4) is 0 Å². The molecule has 0 fully saturated rings. The van der Waals surface area contributed by atoms with Gasteiger partial charge in [0.05, 0.1) is 13.2 Å². The van der Waals surface area contributed by atoms with Gasteiger partial charge in [0.2, 0.25) is 0 Å². The van der Waals surface area contributed by atoms with E-state index in [1.807, 2.05) is 0 Å². The average Bonchev–Trinajstić information content (AvgIpc) is 2.57. The molecule has 0 atom stereocenters. The first-order valence-corrected chi connectivity index (χ1v) is 8.73. The first-order chi connectivity index (χ1) is 11.9. The van der Waals surface area contributed by atoms with E-state index in [1.165, 1.54) is 0 Å². The van der Waals surface area contributed by atoms with Crippen LogP contribution in [0.4, 0.5) is 0 Å². The van der Waals surface area contributed by atoms with Crippen molar-refractivity contribution in [1.82, 2.24) is 0 Å². The third-order valence-corrected chi connectivity index (χ3v) is 3.02. The Morgan fingerprint density at radius 2 is 1.00 bits per heavy atom. The van der Waals surface area contributed by atoms with Crippen molar-refractivity contribution >= 4 is 11.9 Å². The molecule has 0 radical (unpaired) electrons. The molecule has 0 aliphatic carbocycles. The molecule has 0 aliphatic rings. The maximum Gasteiger partial charge on any atom is 0.333 e. The topological polar surface area (TPSA) is 93.1 Å². The predicted octanol–water partition coefficient (Wildman–Crippen LogP) is 2.93. The zero-order valence-corrected chi connectivity index (χ0v) is 15.7. The molecule has 146 valence electrons. The SMILES string of the molecule is C=C(C)C(=O)OCCCCCOC(=O)C(=C)C.OCCCCCCO. The Balaban J connectivity index is 0. The molecule has 0 spiro atoms. The maximum atomic E-state index is 11.0. The summed E-state index contributed by atoms with van der Waals surface area (Å²) in [6, 6.07) is 0. The number of esters is 2. The molecule has 0 saturated carbocycles. The van der Waals surface area contributed by atoms with Crippen LogP contribution in [-0.4, -0.2) is 48.6 Å². The molecule has 0 amide bonds. The van der Waals surface area contributed by atoms with Gasteiger partial charge in [0.1, 0.15) is 0 Å². The second-order valence-electron chi connectivity index (χ2n) is 5.75. The highest BCUT2D eigenvalue weighted by atomic mass is 16.5. The zero-order valence-electron chi connectivity index (χ0n) is 15.7. The molecule has 2 N–H and O–H groups in total. The smallest absolute Gasteiger partial charge is 0.333 e. The second-order valence-corrected chi connectivity index (χ2v) is 5.75. The van der Waals surface area contributed by atoms with Crippen LogP contribution in [0, 0.1) is 0 Å². The van der Waals surface area contributed by atoms with Crippen molar-refractivity contribution in [2.24, 2.45) is 0 Å². The van der Waals surface area contributed by atoms with Crippen LogP contribution in [0.25, 0.3) is 0 Å². The number of carbonyl (C=O) groups excluding carboxylic acids is 2. The van der Waals surface area contributed by atoms with Crippen LogP contribution in [0.1, 0.15) is 58.8 Å². The van der Waals surface area contributed by atoms with Gasteiger partial charge in [-0.3, -0.25) is 0 Å². The van der Waals surface area contributed by atoms with Crippen LogP contribution in [0.5, 0.6) is 0 Å². The summed E-state index contributed by atoms with van der Waals surface area (Å²) < 4.78 is 9.82. The van der Waals surface area contributed by atoms with Crippen molar-refractivity contribution in [3.05, 3.63) is 24.3 Å². The number of rotatable bonds is 13. The van der Waals surface area contributed by atoms with Crippen LogP contribution in [0.3, 0.4) is 0 Å². The summed E-state index contributed by atoms with van der Waals surface area (Å²) in [6.45, 7) is 11.5. The minimum absolute atomic E-state index is 0.283. The Hall–Kier alpha value is -1.66. The van der Waals surface area contributed by atoms with E-state index in [4.69, 9.17) is 19.7 Å². The molecule has 6 nitrogen and oxygen atoms in total. The minimum Gasteiger partial charge on any atom is -0.462 e. The lowest BCUT2D eigenvalue weighted by Crippen LogP contribution is -2.08. The highest BCUT2D eigenvalue weighted by Crippen LogP contribution is 2.01.